The highest BCUT2D eigenvalue weighted by Crippen LogP contribution is 2.23. The second-order valence-corrected chi connectivity index (χ2v) is 8.44. The van der Waals surface area contributed by atoms with E-state index in [4.69, 9.17) is 0 Å². The van der Waals surface area contributed by atoms with Crippen molar-refractivity contribution in [3.8, 4) is 11.1 Å². The maximum Gasteiger partial charge on any atom is 0.175 e. The number of hydrogen-bond donors (Lipinski definition) is 0. The Morgan fingerprint density at radius 2 is 1.24 bits per heavy atom. The summed E-state index contributed by atoms with van der Waals surface area (Å²) in [6.45, 7) is 2.13. The second kappa shape index (κ2) is 7.24. The van der Waals surface area contributed by atoms with E-state index in [1.165, 1.54) is 28.5 Å². The molecule has 3 aromatic carbocycles. The van der Waals surface area contributed by atoms with Crippen molar-refractivity contribution in [3.63, 3.8) is 0 Å². The minimum absolute atomic E-state index is 0.374. The fourth-order valence-corrected chi connectivity index (χ4v) is 3.57. The smallest absolute Gasteiger partial charge is 0.175 e. The fraction of sp³-hybridized carbons (Fsp3) is 0.182. The molecule has 0 N–H and O–H groups in total. The van der Waals surface area contributed by atoms with Gasteiger partial charge in [0.25, 0.3) is 0 Å². The molecule has 0 aromatic heterocycles. The van der Waals surface area contributed by atoms with Crippen LogP contribution in [0.3, 0.4) is 0 Å². The number of hydrogen-bond acceptors (Lipinski definition) is 2. The molecule has 0 radical (unpaired) electrons. The molecule has 3 aromatic rings. The van der Waals surface area contributed by atoms with E-state index < -0.39 is 9.84 Å². The van der Waals surface area contributed by atoms with E-state index in [9.17, 15) is 8.42 Å². The lowest BCUT2D eigenvalue weighted by molar-refractivity contribution is 0.602. The highest BCUT2D eigenvalue weighted by molar-refractivity contribution is 7.90. The molecule has 0 saturated carbocycles. The molecule has 0 spiro atoms. The predicted octanol–water partition coefficient (Wildman–Crippen LogP) is 4.85. The van der Waals surface area contributed by atoms with Crippen molar-refractivity contribution < 1.29 is 8.42 Å². The van der Waals surface area contributed by atoms with Crippen molar-refractivity contribution >= 4 is 9.84 Å². The van der Waals surface area contributed by atoms with Gasteiger partial charge in [-0.05, 0) is 59.7 Å². The minimum Gasteiger partial charge on any atom is -0.224 e. The summed E-state index contributed by atoms with van der Waals surface area (Å²) in [5.41, 5.74) is 6.21. The Bertz CT molecular complexity index is 954. The molecule has 3 rings (SSSR count). The van der Waals surface area contributed by atoms with E-state index in [0.29, 0.717) is 4.90 Å². The molecule has 25 heavy (non-hydrogen) atoms. The van der Waals surface area contributed by atoms with Crippen molar-refractivity contribution in [2.75, 3.05) is 6.26 Å². The molecule has 3 heteroatoms. The van der Waals surface area contributed by atoms with Crippen LogP contribution in [0.25, 0.3) is 11.1 Å². The SMILES string of the molecule is Cc1ccccc1-c1ccc(CCc2ccc(S(C)(=O)=O)cc2)cc1. The molecule has 128 valence electrons. The number of benzene rings is 3. The van der Waals surface area contributed by atoms with Gasteiger partial charge >= 0.3 is 0 Å². The summed E-state index contributed by atoms with van der Waals surface area (Å²) in [5, 5.41) is 0. The topological polar surface area (TPSA) is 34.1 Å². The molecule has 0 amide bonds. The Labute approximate surface area is 150 Å². The first-order chi connectivity index (χ1) is 11.9. The summed E-state index contributed by atoms with van der Waals surface area (Å²) in [5.74, 6) is 0. The summed E-state index contributed by atoms with van der Waals surface area (Å²) in [7, 11) is -3.12. The molecule has 2 nitrogen and oxygen atoms in total. The molecular weight excluding hydrogens is 328 g/mol. The average Bonchev–Trinajstić information content (AvgIpc) is 2.61. The lowest BCUT2D eigenvalue weighted by atomic mass is 9.98. The van der Waals surface area contributed by atoms with Gasteiger partial charge in [-0.3, -0.25) is 0 Å². The van der Waals surface area contributed by atoms with Gasteiger partial charge < -0.3 is 0 Å². The van der Waals surface area contributed by atoms with Crippen LogP contribution in [0.4, 0.5) is 0 Å². The van der Waals surface area contributed by atoms with Crippen molar-refractivity contribution in [2.45, 2.75) is 24.7 Å². The van der Waals surface area contributed by atoms with E-state index in [1.54, 1.807) is 12.1 Å². The van der Waals surface area contributed by atoms with Gasteiger partial charge in [0.05, 0.1) is 4.90 Å². The number of aryl methyl sites for hydroxylation is 3. The van der Waals surface area contributed by atoms with Gasteiger partial charge in [0, 0.05) is 6.26 Å². The summed E-state index contributed by atoms with van der Waals surface area (Å²) in [6, 6.07) is 24.3. The fourth-order valence-electron chi connectivity index (χ4n) is 2.94. The largest absolute Gasteiger partial charge is 0.224 e. The van der Waals surface area contributed by atoms with Gasteiger partial charge in [-0.2, -0.15) is 0 Å². The molecule has 0 aliphatic heterocycles. The standard InChI is InChI=1S/C22H22O2S/c1-17-5-3-4-6-22(17)20-13-9-18(10-14-20)7-8-19-11-15-21(16-12-19)25(2,23)24/h3-6,9-16H,7-8H2,1-2H3. The maximum atomic E-state index is 11.5. The zero-order valence-corrected chi connectivity index (χ0v) is 15.4. The molecule has 0 saturated heterocycles. The van der Waals surface area contributed by atoms with Crippen LogP contribution in [0, 0.1) is 6.92 Å². The average molecular weight is 350 g/mol. The van der Waals surface area contributed by atoms with Gasteiger partial charge in [-0.15, -0.1) is 0 Å². The molecule has 0 unspecified atom stereocenters. The van der Waals surface area contributed by atoms with Gasteiger partial charge in [-0.1, -0.05) is 60.7 Å². The first-order valence-corrected chi connectivity index (χ1v) is 10.3. The van der Waals surface area contributed by atoms with Gasteiger partial charge in [0.15, 0.2) is 9.84 Å². The third-order valence-corrected chi connectivity index (χ3v) is 5.59. The number of sulfone groups is 1. The van der Waals surface area contributed by atoms with Crippen LogP contribution in [-0.2, 0) is 22.7 Å². The lowest BCUT2D eigenvalue weighted by Crippen LogP contribution is -1.97. The van der Waals surface area contributed by atoms with Gasteiger partial charge in [0.1, 0.15) is 0 Å². The summed E-state index contributed by atoms with van der Waals surface area (Å²) < 4.78 is 23.0. The summed E-state index contributed by atoms with van der Waals surface area (Å²) in [6.07, 6.45) is 3.07. The highest BCUT2D eigenvalue weighted by atomic mass is 32.2. The van der Waals surface area contributed by atoms with Crippen molar-refractivity contribution in [1.29, 1.82) is 0 Å². The zero-order valence-electron chi connectivity index (χ0n) is 14.6. The Morgan fingerprint density at radius 1 is 0.720 bits per heavy atom. The van der Waals surface area contributed by atoms with E-state index in [0.717, 1.165) is 18.4 Å². The molecular formula is C22H22O2S. The maximum absolute atomic E-state index is 11.5. The van der Waals surface area contributed by atoms with Crippen LogP contribution >= 0.6 is 0 Å². The molecule has 0 aliphatic rings. The Morgan fingerprint density at radius 3 is 1.76 bits per heavy atom. The third-order valence-electron chi connectivity index (χ3n) is 4.46. The first-order valence-electron chi connectivity index (χ1n) is 8.37. The van der Waals surface area contributed by atoms with Crippen molar-refractivity contribution in [2.24, 2.45) is 0 Å². The molecule has 0 atom stereocenters. The van der Waals surface area contributed by atoms with Gasteiger partial charge in [-0.25, -0.2) is 8.42 Å². The molecule has 0 bridgehead atoms. The minimum atomic E-state index is -3.12. The van der Waals surface area contributed by atoms with Crippen LogP contribution in [-0.4, -0.2) is 14.7 Å². The Balaban J connectivity index is 1.67. The van der Waals surface area contributed by atoms with Crippen LogP contribution in [0.5, 0.6) is 0 Å². The van der Waals surface area contributed by atoms with E-state index in [1.807, 2.05) is 12.1 Å². The van der Waals surface area contributed by atoms with Crippen LogP contribution in [0.15, 0.2) is 77.7 Å². The quantitative estimate of drug-likeness (QED) is 0.659. The predicted molar refractivity (Wildman–Crippen MR) is 104 cm³/mol. The van der Waals surface area contributed by atoms with Gasteiger partial charge in [0.2, 0.25) is 0 Å². The lowest BCUT2D eigenvalue weighted by Gasteiger charge is -2.08. The van der Waals surface area contributed by atoms with Crippen LogP contribution in [0.2, 0.25) is 0 Å². The van der Waals surface area contributed by atoms with E-state index in [2.05, 4.69) is 55.5 Å². The highest BCUT2D eigenvalue weighted by Gasteiger charge is 2.06. The van der Waals surface area contributed by atoms with Crippen molar-refractivity contribution in [1.82, 2.24) is 0 Å². The molecule has 0 heterocycles. The van der Waals surface area contributed by atoms with Crippen LogP contribution in [0.1, 0.15) is 16.7 Å². The van der Waals surface area contributed by atoms with E-state index in [-0.39, 0.29) is 0 Å². The second-order valence-electron chi connectivity index (χ2n) is 6.43. The third kappa shape index (κ3) is 4.37. The Kier molecular flexibility index (Phi) is 5.05. The van der Waals surface area contributed by atoms with E-state index >= 15 is 0 Å². The normalized spacial score (nSPS) is 11.4. The zero-order chi connectivity index (χ0) is 17.9. The summed E-state index contributed by atoms with van der Waals surface area (Å²) in [4.78, 5) is 0.374. The van der Waals surface area contributed by atoms with Crippen molar-refractivity contribution in [3.05, 3.63) is 89.5 Å². The first kappa shape index (κ1) is 17.4. The summed E-state index contributed by atoms with van der Waals surface area (Å²) >= 11 is 0. The molecule has 0 fully saturated rings. The molecule has 0 aliphatic carbocycles. The number of rotatable bonds is 5. The van der Waals surface area contributed by atoms with Crippen LogP contribution < -0.4 is 0 Å². The Hall–Kier alpha value is -2.39. The monoisotopic (exact) mass is 350 g/mol.